The molecule has 5 heteroatoms. The number of aromatic nitrogens is 2. The van der Waals surface area contributed by atoms with Gasteiger partial charge in [-0.2, -0.15) is 0 Å². The van der Waals surface area contributed by atoms with Gasteiger partial charge in [0.25, 0.3) is 5.91 Å². The lowest BCUT2D eigenvalue weighted by Gasteiger charge is -2.11. The van der Waals surface area contributed by atoms with Gasteiger partial charge < -0.3 is 14.6 Å². The van der Waals surface area contributed by atoms with Crippen molar-refractivity contribution in [3.05, 3.63) is 95.8 Å². The third kappa shape index (κ3) is 4.63. The lowest BCUT2D eigenvalue weighted by molar-refractivity contribution is -0.123. The first-order valence-electron chi connectivity index (χ1n) is 9.63. The summed E-state index contributed by atoms with van der Waals surface area (Å²) < 4.78 is 7.66. The van der Waals surface area contributed by atoms with Crippen LogP contribution in [0.15, 0.2) is 78.9 Å². The van der Waals surface area contributed by atoms with Gasteiger partial charge in [0.2, 0.25) is 0 Å². The molecule has 0 unspecified atom stereocenters. The quantitative estimate of drug-likeness (QED) is 0.521. The first kappa shape index (κ1) is 18.7. The van der Waals surface area contributed by atoms with Crippen LogP contribution in [0.1, 0.15) is 17.0 Å². The molecule has 0 saturated heterocycles. The number of para-hydroxylation sites is 3. The second kappa shape index (κ2) is 8.61. The van der Waals surface area contributed by atoms with Crippen LogP contribution < -0.4 is 10.1 Å². The number of amides is 1. The number of aryl methyl sites for hydroxylation is 1. The summed E-state index contributed by atoms with van der Waals surface area (Å²) in [7, 11) is 0. The Morgan fingerprint density at radius 2 is 1.69 bits per heavy atom. The van der Waals surface area contributed by atoms with Gasteiger partial charge in [-0.25, -0.2) is 4.98 Å². The van der Waals surface area contributed by atoms with E-state index in [-0.39, 0.29) is 12.5 Å². The van der Waals surface area contributed by atoms with E-state index < -0.39 is 0 Å². The van der Waals surface area contributed by atoms with Gasteiger partial charge >= 0.3 is 0 Å². The van der Waals surface area contributed by atoms with Crippen molar-refractivity contribution in [3.8, 4) is 5.75 Å². The second-order valence-corrected chi connectivity index (χ2v) is 6.97. The molecule has 1 amide bonds. The molecular formula is C24H23N3O2. The van der Waals surface area contributed by atoms with E-state index in [1.807, 2.05) is 48.5 Å². The molecule has 3 aromatic carbocycles. The zero-order valence-electron chi connectivity index (χ0n) is 16.3. The molecule has 1 heterocycles. The molecule has 0 aliphatic heterocycles. The number of carbonyl (C=O) groups excluding carboxylic acids is 1. The summed E-state index contributed by atoms with van der Waals surface area (Å²) in [5, 5.41) is 2.92. The molecule has 0 spiro atoms. The van der Waals surface area contributed by atoms with Gasteiger partial charge in [0, 0.05) is 6.54 Å². The van der Waals surface area contributed by atoms with Crippen molar-refractivity contribution in [2.45, 2.75) is 20.0 Å². The van der Waals surface area contributed by atoms with Crippen LogP contribution in [-0.2, 0) is 17.9 Å². The lowest BCUT2D eigenvalue weighted by atomic mass is 10.1. The fourth-order valence-corrected chi connectivity index (χ4v) is 3.21. The monoisotopic (exact) mass is 385 g/mol. The van der Waals surface area contributed by atoms with Crippen molar-refractivity contribution in [1.29, 1.82) is 0 Å². The molecule has 4 aromatic rings. The number of nitrogens with one attached hydrogen (secondary N) is 1. The Kier molecular flexibility index (Phi) is 5.56. The third-order valence-corrected chi connectivity index (χ3v) is 4.75. The molecule has 29 heavy (non-hydrogen) atoms. The summed E-state index contributed by atoms with van der Waals surface area (Å²) in [5.41, 5.74) is 4.40. The van der Waals surface area contributed by atoms with E-state index in [9.17, 15) is 4.79 Å². The summed E-state index contributed by atoms with van der Waals surface area (Å²) in [6.07, 6.45) is 0. The molecule has 0 saturated carbocycles. The van der Waals surface area contributed by atoms with Gasteiger partial charge in [0.15, 0.2) is 6.61 Å². The number of rotatable bonds is 7. The Hall–Kier alpha value is -3.60. The predicted octanol–water partition coefficient (Wildman–Crippen LogP) is 4.09. The van der Waals surface area contributed by atoms with Crippen LogP contribution in [0.2, 0.25) is 0 Å². The zero-order valence-corrected chi connectivity index (χ0v) is 16.3. The largest absolute Gasteiger partial charge is 0.484 e. The van der Waals surface area contributed by atoms with Gasteiger partial charge in [0.05, 0.1) is 17.6 Å². The summed E-state index contributed by atoms with van der Waals surface area (Å²) in [6, 6.07) is 25.8. The fourth-order valence-electron chi connectivity index (χ4n) is 3.21. The minimum Gasteiger partial charge on any atom is -0.484 e. The van der Waals surface area contributed by atoms with E-state index in [1.54, 1.807) is 0 Å². The van der Waals surface area contributed by atoms with E-state index >= 15 is 0 Å². The smallest absolute Gasteiger partial charge is 0.258 e. The first-order chi connectivity index (χ1) is 14.2. The first-order valence-corrected chi connectivity index (χ1v) is 9.63. The minimum absolute atomic E-state index is 0.0256. The van der Waals surface area contributed by atoms with Gasteiger partial charge in [0.1, 0.15) is 11.6 Å². The lowest BCUT2D eigenvalue weighted by Crippen LogP contribution is -2.29. The highest BCUT2D eigenvalue weighted by atomic mass is 16.5. The third-order valence-electron chi connectivity index (χ3n) is 4.75. The Balaban J connectivity index is 1.47. The Morgan fingerprint density at radius 1 is 0.966 bits per heavy atom. The van der Waals surface area contributed by atoms with Crippen LogP contribution in [0.4, 0.5) is 0 Å². The maximum absolute atomic E-state index is 12.2. The molecule has 5 nitrogen and oxygen atoms in total. The number of hydrogen-bond acceptors (Lipinski definition) is 3. The Bertz CT molecular complexity index is 1100. The van der Waals surface area contributed by atoms with Crippen molar-refractivity contribution in [2.24, 2.45) is 0 Å². The summed E-state index contributed by atoms with van der Waals surface area (Å²) in [5.74, 6) is 1.32. The van der Waals surface area contributed by atoms with Crippen LogP contribution in [0.3, 0.4) is 0 Å². The highest BCUT2D eigenvalue weighted by Gasteiger charge is 2.12. The minimum atomic E-state index is -0.178. The maximum Gasteiger partial charge on any atom is 0.258 e. The molecule has 0 radical (unpaired) electrons. The maximum atomic E-state index is 12.2. The molecule has 0 fully saturated rings. The average molecular weight is 385 g/mol. The van der Waals surface area contributed by atoms with Crippen molar-refractivity contribution in [1.82, 2.24) is 14.9 Å². The van der Waals surface area contributed by atoms with Crippen LogP contribution in [0, 0.1) is 6.92 Å². The molecular weight excluding hydrogens is 362 g/mol. The Labute approximate surface area is 170 Å². The molecule has 1 N–H and O–H groups in total. The molecule has 0 bridgehead atoms. The number of hydrogen-bond donors (Lipinski definition) is 1. The van der Waals surface area contributed by atoms with E-state index in [4.69, 9.17) is 9.72 Å². The van der Waals surface area contributed by atoms with E-state index in [2.05, 4.69) is 47.1 Å². The number of nitrogens with zero attached hydrogens (tertiary/aromatic N) is 2. The SMILES string of the molecule is Cc1ccc(Cn2c(CNC(=O)COc3ccccc3)nc3ccccc32)cc1. The van der Waals surface area contributed by atoms with Gasteiger partial charge in [-0.3, -0.25) is 4.79 Å². The highest BCUT2D eigenvalue weighted by molar-refractivity contribution is 5.78. The van der Waals surface area contributed by atoms with Gasteiger partial charge in [-0.1, -0.05) is 60.2 Å². The summed E-state index contributed by atoms with van der Waals surface area (Å²) >= 11 is 0. The highest BCUT2D eigenvalue weighted by Crippen LogP contribution is 2.18. The molecule has 0 atom stereocenters. The number of imidazole rings is 1. The summed E-state index contributed by atoms with van der Waals surface area (Å²) in [6.45, 7) is 3.10. The van der Waals surface area contributed by atoms with Crippen LogP contribution in [0.25, 0.3) is 11.0 Å². The van der Waals surface area contributed by atoms with Crippen molar-refractivity contribution in [2.75, 3.05) is 6.61 Å². The topological polar surface area (TPSA) is 56.2 Å². The molecule has 1 aromatic heterocycles. The van der Waals surface area contributed by atoms with Gasteiger partial charge in [-0.05, 0) is 36.8 Å². The second-order valence-electron chi connectivity index (χ2n) is 6.97. The van der Waals surface area contributed by atoms with Crippen molar-refractivity contribution in [3.63, 3.8) is 0 Å². The number of fused-ring (bicyclic) bond motifs is 1. The van der Waals surface area contributed by atoms with Crippen LogP contribution in [-0.4, -0.2) is 22.1 Å². The van der Waals surface area contributed by atoms with E-state index in [0.29, 0.717) is 18.8 Å². The number of carbonyl (C=O) groups is 1. The molecule has 146 valence electrons. The van der Waals surface area contributed by atoms with Crippen LogP contribution in [0.5, 0.6) is 5.75 Å². The normalized spacial score (nSPS) is 10.8. The van der Waals surface area contributed by atoms with Crippen LogP contribution >= 0.6 is 0 Å². The predicted molar refractivity (Wildman–Crippen MR) is 114 cm³/mol. The molecule has 4 rings (SSSR count). The average Bonchev–Trinajstić information content (AvgIpc) is 3.10. The standard InChI is InChI=1S/C24H23N3O2/c1-18-11-13-19(14-12-18)16-27-22-10-6-5-9-21(22)26-23(27)15-25-24(28)17-29-20-7-3-2-4-8-20/h2-14H,15-17H2,1H3,(H,25,28). The van der Waals surface area contributed by atoms with Crippen molar-refractivity contribution >= 4 is 16.9 Å². The Morgan fingerprint density at radius 3 is 2.48 bits per heavy atom. The van der Waals surface area contributed by atoms with Gasteiger partial charge in [-0.15, -0.1) is 0 Å². The molecule has 0 aliphatic carbocycles. The van der Waals surface area contributed by atoms with E-state index in [1.165, 1.54) is 11.1 Å². The zero-order chi connectivity index (χ0) is 20.1. The summed E-state index contributed by atoms with van der Waals surface area (Å²) in [4.78, 5) is 17.0. The van der Waals surface area contributed by atoms with Crippen molar-refractivity contribution < 1.29 is 9.53 Å². The number of benzene rings is 3. The van der Waals surface area contributed by atoms with E-state index in [0.717, 1.165) is 16.9 Å². The number of ether oxygens (including phenoxy) is 1. The molecule has 0 aliphatic rings. The fraction of sp³-hybridized carbons (Fsp3) is 0.167.